The summed E-state index contributed by atoms with van der Waals surface area (Å²) in [4.78, 5) is 3.14. The summed E-state index contributed by atoms with van der Waals surface area (Å²) in [7, 11) is -1.58. The number of benzene rings is 3. The minimum atomic E-state index is -3.11. The number of methoxy groups -OCH3 is 1. The summed E-state index contributed by atoms with van der Waals surface area (Å²) in [5.74, 6) is 0.522. The summed E-state index contributed by atoms with van der Waals surface area (Å²) < 4.78 is 25.8. The minimum absolute atomic E-state index is 0.164. The molecule has 160 valence electrons. The number of nitrogens with zero attached hydrogens (tertiary/aromatic N) is 2. The molecule has 0 bridgehead atoms. The van der Waals surface area contributed by atoms with Crippen LogP contribution in [0.15, 0.2) is 91.7 Å². The van der Waals surface area contributed by atoms with Crippen LogP contribution < -0.4 is 10.1 Å². The lowest BCUT2D eigenvalue weighted by Crippen LogP contribution is -2.05. The molecular weight excluding hydrogens is 434 g/mol. The van der Waals surface area contributed by atoms with Gasteiger partial charge in [0.05, 0.1) is 31.2 Å². The first kappa shape index (κ1) is 23.8. The number of hydrogen-bond donors (Lipinski definition) is 1. The topological polar surface area (TPSA) is 84.9 Å². The quantitative estimate of drug-likeness (QED) is 0.335. The zero-order valence-corrected chi connectivity index (χ0v) is 18.5. The van der Waals surface area contributed by atoms with Crippen LogP contribution in [0.3, 0.4) is 0 Å². The molecule has 0 spiro atoms. The van der Waals surface area contributed by atoms with Gasteiger partial charge in [0.1, 0.15) is 0 Å². The van der Waals surface area contributed by atoms with E-state index in [-0.39, 0.29) is 6.61 Å². The molecule has 1 unspecified atom stereocenters. The highest BCUT2D eigenvalue weighted by molar-refractivity contribution is 8.27. The van der Waals surface area contributed by atoms with E-state index < -0.39 is 9.05 Å². The third-order valence-corrected chi connectivity index (χ3v) is 5.05. The molecule has 3 rings (SSSR count). The highest BCUT2D eigenvalue weighted by atomic mass is 32.9. The molecule has 1 N–H and O–H groups in total. The van der Waals surface area contributed by atoms with E-state index in [9.17, 15) is 4.21 Å². The van der Waals surface area contributed by atoms with Gasteiger partial charge in [0, 0.05) is 23.5 Å². The van der Waals surface area contributed by atoms with E-state index in [4.69, 9.17) is 14.3 Å². The first-order valence-corrected chi connectivity index (χ1v) is 11.4. The molecule has 0 heterocycles. The lowest BCUT2D eigenvalue weighted by Gasteiger charge is -2.06. The minimum Gasteiger partial charge on any atom is -0.489 e. The van der Waals surface area contributed by atoms with Crippen LogP contribution in [0.4, 0.5) is 17.1 Å². The predicted octanol–water partition coefficient (Wildman–Crippen LogP) is 5.86. The van der Waals surface area contributed by atoms with Crippen LogP contribution in [0.2, 0.25) is 0 Å². The van der Waals surface area contributed by atoms with Crippen molar-refractivity contribution in [2.45, 2.75) is 6.61 Å². The maximum absolute atomic E-state index is 11.3. The molecule has 0 aliphatic heterocycles. The first-order chi connectivity index (χ1) is 15.0. The van der Waals surface area contributed by atoms with Gasteiger partial charge in [-0.1, -0.05) is 55.1 Å². The molecule has 0 saturated carbocycles. The number of anilines is 2. The molecule has 0 aliphatic carbocycles. The molecule has 0 aliphatic rings. The molecule has 1 atom stereocenters. The number of ether oxygens (including phenoxy) is 1. The van der Waals surface area contributed by atoms with Gasteiger partial charge in [-0.15, -0.1) is 0 Å². The van der Waals surface area contributed by atoms with Crippen molar-refractivity contribution in [1.29, 1.82) is 5.39 Å². The van der Waals surface area contributed by atoms with Crippen LogP contribution in [-0.2, 0) is 35.2 Å². The maximum atomic E-state index is 11.3. The summed E-state index contributed by atoms with van der Waals surface area (Å²) in [5.41, 5.74) is 3.16. The highest BCUT2D eigenvalue weighted by Gasteiger charge is 2.14. The molecule has 0 radical (unpaired) electrons. The van der Waals surface area contributed by atoms with Gasteiger partial charge >= 0.3 is 14.7 Å². The van der Waals surface area contributed by atoms with Crippen molar-refractivity contribution in [3.63, 3.8) is 0 Å². The second-order valence-electron chi connectivity index (χ2n) is 5.90. The van der Waals surface area contributed by atoms with Crippen molar-refractivity contribution in [2.24, 2.45) is 0 Å². The van der Waals surface area contributed by atoms with Crippen molar-refractivity contribution in [1.82, 2.24) is 0 Å². The summed E-state index contributed by atoms with van der Waals surface area (Å²) in [5, 5.41) is 12.0. The van der Waals surface area contributed by atoms with E-state index in [1.165, 1.54) is 7.11 Å². The Morgan fingerprint density at radius 3 is 2.29 bits per heavy atom. The van der Waals surface area contributed by atoms with Crippen molar-refractivity contribution in [3.05, 3.63) is 102 Å². The Labute approximate surface area is 187 Å². The fraction of sp³-hybridized carbons (Fsp3) is 0.0909. The van der Waals surface area contributed by atoms with E-state index in [1.54, 1.807) is 12.1 Å². The zero-order chi connectivity index (χ0) is 22.5. The van der Waals surface area contributed by atoms with Gasteiger partial charge in [-0.25, -0.2) is 0 Å². The monoisotopic (exact) mass is 456 g/mol. The maximum Gasteiger partial charge on any atom is 0.426 e. The average molecular weight is 457 g/mol. The Kier molecular flexibility index (Phi) is 9.45. The van der Waals surface area contributed by atoms with Crippen LogP contribution in [0.5, 0.6) is 5.75 Å². The summed E-state index contributed by atoms with van der Waals surface area (Å²) in [6, 6.07) is 24.4. The smallest absolute Gasteiger partial charge is 0.426 e. The normalized spacial score (nSPS) is 11.6. The van der Waals surface area contributed by atoms with E-state index >= 15 is 0 Å². The highest BCUT2D eigenvalue weighted by Crippen LogP contribution is 2.31. The Hall–Kier alpha value is -3.45. The Bertz CT molecular complexity index is 1120. The van der Waals surface area contributed by atoms with Crippen LogP contribution in [0, 0.1) is 5.39 Å². The molecule has 31 heavy (non-hydrogen) atoms. The largest absolute Gasteiger partial charge is 0.489 e. The van der Waals surface area contributed by atoms with Crippen molar-refractivity contribution >= 4 is 37.3 Å². The molecule has 0 fully saturated rings. The molecule has 3 aromatic rings. The van der Waals surface area contributed by atoms with Gasteiger partial charge in [-0.05, 0) is 23.8 Å². The molecule has 0 aromatic heterocycles. The third-order valence-electron chi connectivity index (χ3n) is 3.75. The summed E-state index contributed by atoms with van der Waals surface area (Å²) in [6.07, 6.45) is 1.01. The molecule has 7 nitrogen and oxygen atoms in total. The fourth-order valence-corrected chi connectivity index (χ4v) is 3.17. The second kappa shape index (κ2) is 12.3. The SMILES string of the molecule is C=COS(=O)(=S)OCc1ccccc1.COc1cc(Nc2ccccc2)ccc1[N+]#N. The van der Waals surface area contributed by atoms with E-state index in [1.807, 2.05) is 66.7 Å². The Morgan fingerprint density at radius 2 is 1.71 bits per heavy atom. The average Bonchev–Trinajstić information content (AvgIpc) is 2.79. The summed E-state index contributed by atoms with van der Waals surface area (Å²) in [6.45, 7) is 3.42. The van der Waals surface area contributed by atoms with E-state index in [2.05, 4.69) is 32.2 Å². The standard InChI is InChI=1S/C13H12N3O.C9H10O3S2/c1-17-13-9-11(7-8-12(13)16-14)15-10-5-3-2-4-6-10;1-2-11-14(10,13)12-8-9-6-4-3-5-7-9/h2-9,15H,1H3;2-7H,1,8H2/q+1;. The number of rotatable bonds is 8. The predicted molar refractivity (Wildman–Crippen MR) is 125 cm³/mol. The van der Waals surface area contributed by atoms with Gasteiger partial charge in [0.25, 0.3) is 0 Å². The van der Waals surface area contributed by atoms with Crippen molar-refractivity contribution in [3.8, 4) is 5.75 Å². The Morgan fingerprint density at radius 1 is 1.06 bits per heavy atom. The lowest BCUT2D eigenvalue weighted by molar-refractivity contribution is 0.286. The molecule has 0 amide bonds. The lowest BCUT2D eigenvalue weighted by atomic mass is 10.2. The van der Waals surface area contributed by atoms with Gasteiger partial charge in [0.15, 0.2) is 4.98 Å². The third kappa shape index (κ3) is 8.44. The van der Waals surface area contributed by atoms with Crippen LogP contribution in [0.25, 0.3) is 4.98 Å². The van der Waals surface area contributed by atoms with Crippen LogP contribution in [0.1, 0.15) is 5.56 Å². The molecule has 9 heteroatoms. The van der Waals surface area contributed by atoms with Crippen LogP contribution >= 0.6 is 0 Å². The van der Waals surface area contributed by atoms with Crippen molar-refractivity contribution < 1.29 is 17.3 Å². The summed E-state index contributed by atoms with van der Waals surface area (Å²) >= 11 is 4.55. The number of diazo groups is 1. The molecule has 3 aromatic carbocycles. The van der Waals surface area contributed by atoms with E-state index in [0.717, 1.165) is 23.2 Å². The number of nitrogens with one attached hydrogen (secondary N) is 1. The van der Waals surface area contributed by atoms with Gasteiger partial charge in [0.2, 0.25) is 11.1 Å². The number of para-hydroxylation sites is 1. The molecular formula is C22H22N3O4S2+. The number of hydrogen-bond acceptors (Lipinski definition) is 7. The van der Waals surface area contributed by atoms with E-state index in [0.29, 0.717) is 11.4 Å². The Balaban J connectivity index is 0.000000225. The van der Waals surface area contributed by atoms with Gasteiger partial charge in [-0.3, -0.25) is 4.18 Å². The van der Waals surface area contributed by atoms with Crippen molar-refractivity contribution in [2.75, 3.05) is 12.4 Å². The zero-order valence-electron chi connectivity index (χ0n) is 16.8. The molecule has 0 saturated heterocycles. The van der Waals surface area contributed by atoms with Gasteiger partial charge in [-0.2, -0.15) is 4.21 Å². The fourth-order valence-electron chi connectivity index (χ4n) is 2.35. The first-order valence-electron chi connectivity index (χ1n) is 9.05. The van der Waals surface area contributed by atoms with Gasteiger partial charge < -0.3 is 14.2 Å². The van der Waals surface area contributed by atoms with Crippen LogP contribution in [-0.4, -0.2) is 11.3 Å². The second-order valence-corrected chi connectivity index (χ2v) is 8.37.